The molecular formula is C13H19BrN2O2. The molecular weight excluding hydrogens is 296 g/mol. The predicted octanol–water partition coefficient (Wildman–Crippen LogP) is 1.69. The van der Waals surface area contributed by atoms with E-state index >= 15 is 0 Å². The zero-order chi connectivity index (χ0) is 13.5. The molecule has 1 atom stereocenters. The number of aliphatic carboxylic acids is 1. The lowest BCUT2D eigenvalue weighted by molar-refractivity contribution is -0.138. The Hall–Kier alpha value is -0.910. The zero-order valence-electron chi connectivity index (χ0n) is 10.4. The highest BCUT2D eigenvalue weighted by molar-refractivity contribution is 9.10. The van der Waals surface area contributed by atoms with E-state index in [4.69, 9.17) is 10.8 Å². The first kappa shape index (κ1) is 15.1. The number of carboxylic acids is 1. The van der Waals surface area contributed by atoms with Gasteiger partial charge in [-0.1, -0.05) is 22.0 Å². The Morgan fingerprint density at radius 2 is 2.22 bits per heavy atom. The van der Waals surface area contributed by atoms with Crippen LogP contribution in [0.15, 0.2) is 22.7 Å². The van der Waals surface area contributed by atoms with Gasteiger partial charge in [0, 0.05) is 4.47 Å². The molecule has 100 valence electrons. The summed E-state index contributed by atoms with van der Waals surface area (Å²) in [5.74, 6) is -0.945. The number of benzene rings is 1. The summed E-state index contributed by atoms with van der Waals surface area (Å²) in [6, 6.07) is 5.45. The van der Waals surface area contributed by atoms with Crippen molar-refractivity contribution in [3.8, 4) is 0 Å². The minimum Gasteiger partial charge on any atom is -0.480 e. The van der Waals surface area contributed by atoms with Gasteiger partial charge in [0.2, 0.25) is 0 Å². The second-order valence-corrected chi connectivity index (χ2v) is 5.22. The lowest BCUT2D eigenvalue weighted by Crippen LogP contribution is -2.34. The quantitative estimate of drug-likeness (QED) is 0.669. The highest BCUT2D eigenvalue weighted by Gasteiger charge is 2.09. The maximum Gasteiger partial charge on any atom is 0.320 e. The van der Waals surface area contributed by atoms with Gasteiger partial charge in [0.15, 0.2) is 0 Å². The molecule has 1 rings (SSSR count). The second kappa shape index (κ2) is 7.51. The van der Waals surface area contributed by atoms with Crippen molar-refractivity contribution in [3.05, 3.63) is 33.8 Å². The van der Waals surface area contributed by atoms with Crippen molar-refractivity contribution in [3.63, 3.8) is 0 Å². The van der Waals surface area contributed by atoms with Crippen LogP contribution in [-0.2, 0) is 11.2 Å². The van der Waals surface area contributed by atoms with Crippen molar-refractivity contribution in [2.24, 2.45) is 5.73 Å². The Morgan fingerprint density at radius 3 is 2.89 bits per heavy atom. The highest BCUT2D eigenvalue weighted by Crippen LogP contribution is 2.16. The van der Waals surface area contributed by atoms with Gasteiger partial charge < -0.3 is 16.2 Å². The molecule has 1 aromatic carbocycles. The molecule has 0 aliphatic rings. The van der Waals surface area contributed by atoms with Gasteiger partial charge in [0.05, 0.1) is 0 Å². The predicted molar refractivity (Wildman–Crippen MR) is 75.7 cm³/mol. The Morgan fingerprint density at radius 1 is 1.50 bits per heavy atom. The van der Waals surface area contributed by atoms with Gasteiger partial charge in [-0.05, 0) is 56.1 Å². The number of carbonyl (C=O) groups is 1. The molecule has 0 saturated carbocycles. The van der Waals surface area contributed by atoms with Crippen molar-refractivity contribution in [2.45, 2.75) is 25.8 Å². The van der Waals surface area contributed by atoms with Crippen LogP contribution in [0.4, 0.5) is 0 Å². The van der Waals surface area contributed by atoms with Gasteiger partial charge >= 0.3 is 5.97 Å². The van der Waals surface area contributed by atoms with Crippen LogP contribution in [0.25, 0.3) is 0 Å². The lowest BCUT2D eigenvalue weighted by Gasteiger charge is -2.09. The van der Waals surface area contributed by atoms with Crippen LogP contribution in [0.2, 0.25) is 0 Å². The van der Waals surface area contributed by atoms with E-state index in [2.05, 4.69) is 40.3 Å². The third kappa shape index (κ3) is 5.16. The summed E-state index contributed by atoms with van der Waals surface area (Å²) in [6.45, 7) is 3.53. The molecule has 0 amide bonds. The molecule has 1 aromatic rings. The molecule has 18 heavy (non-hydrogen) atoms. The average molecular weight is 315 g/mol. The van der Waals surface area contributed by atoms with E-state index in [0.717, 1.165) is 17.4 Å². The highest BCUT2D eigenvalue weighted by atomic mass is 79.9. The van der Waals surface area contributed by atoms with Gasteiger partial charge in [-0.2, -0.15) is 0 Å². The summed E-state index contributed by atoms with van der Waals surface area (Å²) in [5, 5.41) is 11.8. The van der Waals surface area contributed by atoms with E-state index in [9.17, 15) is 4.79 Å². The fourth-order valence-electron chi connectivity index (χ4n) is 1.64. The van der Waals surface area contributed by atoms with E-state index in [1.807, 2.05) is 6.07 Å². The van der Waals surface area contributed by atoms with E-state index < -0.39 is 12.0 Å². The van der Waals surface area contributed by atoms with E-state index in [1.165, 1.54) is 11.1 Å². The third-order valence-electron chi connectivity index (χ3n) is 2.83. The van der Waals surface area contributed by atoms with Crippen LogP contribution in [0.1, 0.15) is 17.5 Å². The largest absolute Gasteiger partial charge is 0.480 e. The van der Waals surface area contributed by atoms with Crippen molar-refractivity contribution in [1.29, 1.82) is 0 Å². The summed E-state index contributed by atoms with van der Waals surface area (Å²) >= 11 is 3.45. The molecule has 1 unspecified atom stereocenters. The fourth-order valence-corrected chi connectivity index (χ4v) is 2.05. The fraction of sp³-hybridized carbons (Fsp3) is 0.462. The van der Waals surface area contributed by atoms with Crippen molar-refractivity contribution < 1.29 is 9.90 Å². The number of halogens is 1. The zero-order valence-corrected chi connectivity index (χ0v) is 12.0. The van der Waals surface area contributed by atoms with E-state index in [1.54, 1.807) is 0 Å². The first-order chi connectivity index (χ1) is 8.50. The van der Waals surface area contributed by atoms with Gasteiger partial charge in [-0.25, -0.2) is 0 Å². The summed E-state index contributed by atoms with van der Waals surface area (Å²) in [5.41, 5.74) is 7.97. The second-order valence-electron chi connectivity index (χ2n) is 4.30. The average Bonchev–Trinajstić information content (AvgIpc) is 2.32. The van der Waals surface area contributed by atoms with E-state index in [-0.39, 0.29) is 0 Å². The Labute approximate surface area is 116 Å². The van der Waals surface area contributed by atoms with Crippen molar-refractivity contribution >= 4 is 21.9 Å². The molecule has 0 bridgehead atoms. The molecule has 0 spiro atoms. The number of hydrogen-bond donors (Lipinski definition) is 3. The topological polar surface area (TPSA) is 75.3 Å². The molecule has 0 radical (unpaired) electrons. The van der Waals surface area contributed by atoms with Gasteiger partial charge in [-0.15, -0.1) is 0 Å². The molecule has 4 N–H and O–H groups in total. The maximum atomic E-state index is 10.5. The number of aryl methyl sites for hydroxylation is 1. The maximum absolute atomic E-state index is 10.5. The van der Waals surface area contributed by atoms with E-state index in [0.29, 0.717) is 13.0 Å². The molecule has 0 aliphatic carbocycles. The standard InChI is InChI=1S/C13H19BrN2O2/c1-9-2-3-11(14)8-10(9)4-6-16-7-5-12(15)13(17)18/h2-3,8,12,16H,4-7,15H2,1H3,(H,17,18). The Balaban J connectivity index is 2.26. The first-order valence-corrected chi connectivity index (χ1v) is 6.74. The summed E-state index contributed by atoms with van der Waals surface area (Å²) in [6.07, 6.45) is 1.38. The van der Waals surface area contributed by atoms with Crippen LogP contribution < -0.4 is 11.1 Å². The summed E-state index contributed by atoms with van der Waals surface area (Å²) in [7, 11) is 0. The van der Waals surface area contributed by atoms with Crippen LogP contribution in [0.3, 0.4) is 0 Å². The number of nitrogens with one attached hydrogen (secondary N) is 1. The normalized spacial score (nSPS) is 12.4. The number of rotatable bonds is 7. The van der Waals surface area contributed by atoms with Crippen molar-refractivity contribution in [2.75, 3.05) is 13.1 Å². The third-order valence-corrected chi connectivity index (χ3v) is 3.32. The van der Waals surface area contributed by atoms with Crippen LogP contribution in [0, 0.1) is 6.92 Å². The molecule has 0 saturated heterocycles. The van der Waals surface area contributed by atoms with Crippen LogP contribution >= 0.6 is 15.9 Å². The minimum atomic E-state index is -0.945. The van der Waals surface area contributed by atoms with Crippen molar-refractivity contribution in [1.82, 2.24) is 5.32 Å². The lowest BCUT2D eigenvalue weighted by atomic mass is 10.1. The Kier molecular flexibility index (Phi) is 6.32. The molecule has 0 aromatic heterocycles. The monoisotopic (exact) mass is 314 g/mol. The van der Waals surface area contributed by atoms with Gasteiger partial charge in [-0.3, -0.25) is 4.79 Å². The SMILES string of the molecule is Cc1ccc(Br)cc1CCNCCC(N)C(=O)O. The molecule has 0 fully saturated rings. The smallest absolute Gasteiger partial charge is 0.320 e. The molecule has 5 heteroatoms. The van der Waals surface area contributed by atoms with Gasteiger partial charge in [0.25, 0.3) is 0 Å². The molecule has 0 aliphatic heterocycles. The van der Waals surface area contributed by atoms with Gasteiger partial charge in [0.1, 0.15) is 6.04 Å². The number of hydrogen-bond acceptors (Lipinski definition) is 3. The molecule has 0 heterocycles. The number of nitrogens with two attached hydrogens (primary N) is 1. The summed E-state index contributed by atoms with van der Waals surface area (Å²) in [4.78, 5) is 10.5. The van der Waals surface area contributed by atoms with Crippen LogP contribution in [0.5, 0.6) is 0 Å². The molecule has 4 nitrogen and oxygen atoms in total. The minimum absolute atomic E-state index is 0.451. The van der Waals surface area contributed by atoms with Crippen LogP contribution in [-0.4, -0.2) is 30.2 Å². The first-order valence-electron chi connectivity index (χ1n) is 5.95. The Bertz CT molecular complexity index is 410. The number of carboxylic acid groups (broad SMARTS) is 1. The summed E-state index contributed by atoms with van der Waals surface area (Å²) < 4.78 is 1.08.